The van der Waals surface area contributed by atoms with Crippen molar-refractivity contribution >= 4 is 17.9 Å². The number of allylic oxidation sites excluding steroid dienone is 8. The molecular formula is C74H136O6. The molecule has 468 valence electrons. The first kappa shape index (κ1) is 77.4. The molecule has 0 aromatic rings. The number of carbonyl (C=O) groups excluding carboxylic acids is 3. The third-order valence-corrected chi connectivity index (χ3v) is 16.1. The molecule has 1 atom stereocenters. The molecule has 0 aliphatic heterocycles. The quantitative estimate of drug-likeness (QED) is 0.0261. The number of rotatable bonds is 66. The van der Waals surface area contributed by atoms with Crippen LogP contribution in [0.3, 0.4) is 0 Å². The normalized spacial score (nSPS) is 12.3. The molecule has 0 aromatic heterocycles. The van der Waals surface area contributed by atoms with Crippen molar-refractivity contribution in [1.82, 2.24) is 0 Å². The fourth-order valence-electron chi connectivity index (χ4n) is 10.8. The Morgan fingerprint density at radius 3 is 0.762 bits per heavy atom. The SMILES string of the molecule is CC/C=C\C/C=C\C/C=C\C/C=C\CCCCCCCCC(=O)OC(COC(=O)CCCCCCCCCCCCCCCCCCC)COC(=O)CCCCCCCCCCCCCCCCCCCCCCCCCCCC. The van der Waals surface area contributed by atoms with E-state index < -0.39 is 6.10 Å². The van der Waals surface area contributed by atoms with Gasteiger partial charge in [0.05, 0.1) is 0 Å². The van der Waals surface area contributed by atoms with Crippen molar-refractivity contribution in [2.75, 3.05) is 13.2 Å². The van der Waals surface area contributed by atoms with Crippen LogP contribution >= 0.6 is 0 Å². The average molecular weight is 1120 g/mol. The molecule has 0 bridgehead atoms. The van der Waals surface area contributed by atoms with E-state index >= 15 is 0 Å². The average Bonchev–Trinajstić information content (AvgIpc) is 3.46. The third-order valence-electron chi connectivity index (χ3n) is 16.1. The first-order valence-corrected chi connectivity index (χ1v) is 35.6. The first-order chi connectivity index (χ1) is 39.5. The molecule has 0 N–H and O–H groups in total. The van der Waals surface area contributed by atoms with E-state index in [1.165, 1.54) is 250 Å². The van der Waals surface area contributed by atoms with Crippen molar-refractivity contribution < 1.29 is 28.6 Å². The smallest absolute Gasteiger partial charge is 0.306 e. The van der Waals surface area contributed by atoms with Crippen LogP contribution in [0.1, 0.15) is 387 Å². The van der Waals surface area contributed by atoms with Crippen LogP contribution in [-0.4, -0.2) is 37.2 Å². The fraction of sp³-hybridized carbons (Fsp3) is 0.851. The Kier molecular flexibility index (Phi) is 66.6. The van der Waals surface area contributed by atoms with Crippen molar-refractivity contribution in [2.45, 2.75) is 393 Å². The summed E-state index contributed by atoms with van der Waals surface area (Å²) in [6, 6.07) is 0. The van der Waals surface area contributed by atoms with Gasteiger partial charge in [0.15, 0.2) is 6.10 Å². The van der Waals surface area contributed by atoms with Gasteiger partial charge in [-0.25, -0.2) is 0 Å². The molecule has 0 heterocycles. The van der Waals surface area contributed by atoms with Gasteiger partial charge in [0.1, 0.15) is 13.2 Å². The lowest BCUT2D eigenvalue weighted by Gasteiger charge is -2.18. The summed E-state index contributed by atoms with van der Waals surface area (Å²) < 4.78 is 17.0. The minimum absolute atomic E-state index is 0.0737. The maximum atomic E-state index is 12.9. The summed E-state index contributed by atoms with van der Waals surface area (Å²) in [7, 11) is 0. The highest BCUT2D eigenvalue weighted by Gasteiger charge is 2.19. The molecule has 6 nitrogen and oxygen atoms in total. The second-order valence-electron chi connectivity index (χ2n) is 24.1. The Morgan fingerprint density at radius 2 is 0.487 bits per heavy atom. The zero-order valence-corrected chi connectivity index (χ0v) is 53.9. The zero-order valence-electron chi connectivity index (χ0n) is 53.9. The summed E-state index contributed by atoms with van der Waals surface area (Å²) in [4.78, 5) is 38.5. The van der Waals surface area contributed by atoms with Gasteiger partial charge in [-0.05, 0) is 57.8 Å². The van der Waals surface area contributed by atoms with Crippen LogP contribution in [-0.2, 0) is 28.6 Å². The molecule has 0 aliphatic rings. The van der Waals surface area contributed by atoms with Crippen LogP contribution in [0.2, 0.25) is 0 Å². The molecule has 1 unspecified atom stereocenters. The molecule has 0 saturated heterocycles. The number of hydrogen-bond acceptors (Lipinski definition) is 6. The monoisotopic (exact) mass is 1120 g/mol. The van der Waals surface area contributed by atoms with E-state index in [2.05, 4.69) is 69.4 Å². The van der Waals surface area contributed by atoms with Gasteiger partial charge in [-0.2, -0.15) is 0 Å². The molecule has 0 amide bonds. The van der Waals surface area contributed by atoms with Crippen molar-refractivity contribution in [3.63, 3.8) is 0 Å². The van der Waals surface area contributed by atoms with E-state index in [0.717, 1.165) is 96.3 Å². The van der Waals surface area contributed by atoms with Gasteiger partial charge in [-0.1, -0.05) is 358 Å². The van der Waals surface area contributed by atoms with Crippen molar-refractivity contribution in [3.05, 3.63) is 48.6 Å². The Balaban J connectivity index is 4.28. The standard InChI is InChI=1S/C74H136O6/c1-4-7-10-13-16-19-22-25-28-31-33-34-35-36-37-38-39-41-43-46-49-52-55-58-61-64-67-73(76)79-70-71(69-78-72(75)66-63-60-57-54-51-48-45-42-30-27-24-21-18-15-12-9-6-3)80-74(77)68-65-62-59-56-53-50-47-44-40-32-29-26-23-20-17-14-11-8-5-2/h8,11,17,20,26,29,40,44,71H,4-7,9-10,12-16,18-19,21-25,27-28,30-39,41-43,45-70H2,1-3H3/b11-8-,20-17-,29-26-,44-40-. The summed E-state index contributed by atoms with van der Waals surface area (Å²) in [5, 5.41) is 0. The molecule has 0 saturated carbocycles. The highest BCUT2D eigenvalue weighted by Crippen LogP contribution is 2.19. The lowest BCUT2D eigenvalue weighted by molar-refractivity contribution is -0.167. The van der Waals surface area contributed by atoms with Gasteiger partial charge in [0.25, 0.3) is 0 Å². The van der Waals surface area contributed by atoms with E-state index in [1.54, 1.807) is 0 Å². The molecule has 6 heteroatoms. The molecule has 0 aromatic carbocycles. The summed E-state index contributed by atoms with van der Waals surface area (Å²) in [5.74, 6) is -0.858. The van der Waals surface area contributed by atoms with Crippen LogP contribution in [0, 0.1) is 0 Å². The Labute approximate surface area is 498 Å². The molecule has 0 spiro atoms. The van der Waals surface area contributed by atoms with Gasteiger partial charge in [0.2, 0.25) is 0 Å². The van der Waals surface area contributed by atoms with E-state index in [4.69, 9.17) is 14.2 Å². The van der Waals surface area contributed by atoms with Crippen LogP contribution in [0.25, 0.3) is 0 Å². The minimum Gasteiger partial charge on any atom is -0.462 e. The minimum atomic E-state index is -0.779. The summed E-state index contributed by atoms with van der Waals surface area (Å²) in [6.45, 7) is 6.60. The summed E-state index contributed by atoms with van der Waals surface area (Å²) in [5.41, 5.74) is 0. The predicted molar refractivity (Wildman–Crippen MR) is 349 cm³/mol. The third kappa shape index (κ3) is 66.2. The maximum absolute atomic E-state index is 12.9. The van der Waals surface area contributed by atoms with Crippen LogP contribution < -0.4 is 0 Å². The van der Waals surface area contributed by atoms with Crippen molar-refractivity contribution in [3.8, 4) is 0 Å². The van der Waals surface area contributed by atoms with Crippen molar-refractivity contribution in [2.24, 2.45) is 0 Å². The maximum Gasteiger partial charge on any atom is 0.306 e. The molecular weight excluding hydrogens is 985 g/mol. The Morgan fingerprint density at radius 1 is 0.263 bits per heavy atom. The second-order valence-corrected chi connectivity index (χ2v) is 24.1. The lowest BCUT2D eigenvalue weighted by atomic mass is 10.0. The number of hydrogen-bond donors (Lipinski definition) is 0. The number of ether oxygens (including phenoxy) is 3. The molecule has 0 radical (unpaired) electrons. The van der Waals surface area contributed by atoms with E-state index in [9.17, 15) is 14.4 Å². The molecule has 0 fully saturated rings. The van der Waals surface area contributed by atoms with E-state index in [-0.39, 0.29) is 31.1 Å². The van der Waals surface area contributed by atoms with Crippen LogP contribution in [0.5, 0.6) is 0 Å². The second kappa shape index (κ2) is 68.9. The Bertz CT molecular complexity index is 1380. The molecule has 0 aliphatic carbocycles. The largest absolute Gasteiger partial charge is 0.462 e. The van der Waals surface area contributed by atoms with Crippen LogP contribution in [0.4, 0.5) is 0 Å². The first-order valence-electron chi connectivity index (χ1n) is 35.6. The molecule has 80 heavy (non-hydrogen) atoms. The summed E-state index contributed by atoms with van der Waals surface area (Å²) >= 11 is 0. The van der Waals surface area contributed by atoms with Gasteiger partial charge < -0.3 is 14.2 Å². The number of unbranched alkanes of at least 4 members (excludes halogenated alkanes) is 47. The number of carbonyl (C=O) groups is 3. The highest BCUT2D eigenvalue weighted by molar-refractivity contribution is 5.71. The topological polar surface area (TPSA) is 78.9 Å². The fourth-order valence-corrected chi connectivity index (χ4v) is 10.8. The van der Waals surface area contributed by atoms with Crippen LogP contribution in [0.15, 0.2) is 48.6 Å². The van der Waals surface area contributed by atoms with Gasteiger partial charge in [-0.15, -0.1) is 0 Å². The Hall–Kier alpha value is -2.63. The van der Waals surface area contributed by atoms with Gasteiger partial charge >= 0.3 is 17.9 Å². The van der Waals surface area contributed by atoms with Gasteiger partial charge in [-0.3, -0.25) is 14.4 Å². The lowest BCUT2D eigenvalue weighted by Crippen LogP contribution is -2.30. The van der Waals surface area contributed by atoms with E-state index in [1.807, 2.05) is 0 Å². The highest BCUT2D eigenvalue weighted by atomic mass is 16.6. The van der Waals surface area contributed by atoms with Gasteiger partial charge in [0, 0.05) is 19.3 Å². The summed E-state index contributed by atoms with van der Waals surface area (Å²) in [6.07, 6.45) is 87.1. The van der Waals surface area contributed by atoms with Crippen molar-refractivity contribution in [1.29, 1.82) is 0 Å². The molecule has 0 rings (SSSR count). The zero-order chi connectivity index (χ0) is 57.8. The van der Waals surface area contributed by atoms with E-state index in [0.29, 0.717) is 19.3 Å². The predicted octanol–water partition coefficient (Wildman–Crippen LogP) is 24.5. The number of esters is 3.